The number of aromatic nitrogens is 4. The summed E-state index contributed by atoms with van der Waals surface area (Å²) in [5.74, 6) is 0. The summed E-state index contributed by atoms with van der Waals surface area (Å²) in [6, 6.07) is 61.1. The Bertz CT molecular complexity index is 2280. The van der Waals surface area contributed by atoms with Gasteiger partial charge in [0, 0.05) is 0 Å². The number of fused-ring (bicyclic) bond motifs is 1. The van der Waals surface area contributed by atoms with Gasteiger partial charge in [-0.2, -0.15) is 0 Å². The van der Waals surface area contributed by atoms with Crippen molar-refractivity contribution < 1.29 is 19.3 Å². The summed E-state index contributed by atoms with van der Waals surface area (Å²) >= 11 is 0. The summed E-state index contributed by atoms with van der Waals surface area (Å²) in [4.78, 5) is 13.2. The maximum atomic E-state index is 12.6. The lowest BCUT2D eigenvalue weighted by Crippen LogP contribution is -2.46. The van der Waals surface area contributed by atoms with Gasteiger partial charge in [0.15, 0.2) is 11.9 Å². The summed E-state index contributed by atoms with van der Waals surface area (Å²) in [5.41, 5.74) is 4.51. The second-order valence-electron chi connectivity index (χ2n) is 13.9. The van der Waals surface area contributed by atoms with Gasteiger partial charge >= 0.3 is 0 Å². The molecule has 1 saturated heterocycles. The standard InChI is InChI=1S/C48H40N4O4/c53-43-44(56-48(38-25-13-4-14-26-38,39-27-15-5-16-28-39)40-29-17-6-18-30-40)42(55-46(43)52-34-51-41-31-49-33-50-45(41)52)32-54-47(35-19-7-1-8-20-35,36-21-9-2-10-22-36)37-23-11-3-12-24-37/h1-31,33-34,42-44,46,53H,32H2/t42-,43-,44-,46-/m1/s1. The largest absolute Gasteiger partial charge is 0.386 e. The number of aliphatic hydroxyl groups excluding tert-OH is 1. The molecule has 4 atom stereocenters. The van der Waals surface area contributed by atoms with Crippen LogP contribution in [-0.4, -0.2) is 49.5 Å². The van der Waals surface area contributed by atoms with Gasteiger partial charge < -0.3 is 19.3 Å². The van der Waals surface area contributed by atoms with Crippen LogP contribution in [0.25, 0.3) is 11.2 Å². The molecule has 3 heterocycles. The number of imidazole rings is 1. The van der Waals surface area contributed by atoms with Crippen molar-refractivity contribution in [1.82, 2.24) is 19.5 Å². The molecule has 0 amide bonds. The second kappa shape index (κ2) is 15.5. The molecule has 56 heavy (non-hydrogen) atoms. The molecule has 1 aliphatic rings. The van der Waals surface area contributed by atoms with Crippen molar-refractivity contribution in [3.63, 3.8) is 0 Å². The predicted molar refractivity (Wildman–Crippen MR) is 214 cm³/mol. The van der Waals surface area contributed by atoms with Gasteiger partial charge in [-0.25, -0.2) is 15.0 Å². The van der Waals surface area contributed by atoms with Crippen molar-refractivity contribution >= 4 is 11.2 Å². The number of aliphatic hydroxyl groups is 1. The molecule has 8 aromatic rings. The van der Waals surface area contributed by atoms with E-state index in [9.17, 15) is 5.11 Å². The van der Waals surface area contributed by atoms with E-state index in [1.165, 1.54) is 6.33 Å². The lowest BCUT2D eigenvalue weighted by molar-refractivity contribution is -0.131. The molecule has 2 aromatic heterocycles. The first-order valence-electron chi connectivity index (χ1n) is 18.8. The van der Waals surface area contributed by atoms with Crippen molar-refractivity contribution in [2.45, 2.75) is 35.7 Å². The molecule has 6 aromatic carbocycles. The number of benzene rings is 6. The van der Waals surface area contributed by atoms with Gasteiger partial charge in [-0.15, -0.1) is 0 Å². The van der Waals surface area contributed by atoms with Gasteiger partial charge in [-0.1, -0.05) is 182 Å². The fourth-order valence-electron chi connectivity index (χ4n) is 8.10. The normalized spacial score (nSPS) is 18.6. The van der Waals surface area contributed by atoms with Crippen LogP contribution >= 0.6 is 0 Å². The number of rotatable bonds is 12. The molecule has 0 spiro atoms. The van der Waals surface area contributed by atoms with Crippen LogP contribution in [0.3, 0.4) is 0 Å². The number of hydrogen-bond donors (Lipinski definition) is 1. The predicted octanol–water partition coefficient (Wildman–Crippen LogP) is 8.47. The Balaban J connectivity index is 1.21. The highest BCUT2D eigenvalue weighted by Crippen LogP contribution is 2.47. The number of nitrogens with zero attached hydrogens (tertiary/aromatic N) is 4. The fraction of sp³-hybridized carbons (Fsp3) is 0.146. The first-order chi connectivity index (χ1) is 27.7. The van der Waals surface area contributed by atoms with Gasteiger partial charge in [-0.05, 0) is 33.4 Å². The molecule has 0 unspecified atom stereocenters. The Kier molecular flexibility index (Phi) is 9.77. The number of hydrogen-bond acceptors (Lipinski definition) is 7. The quantitative estimate of drug-likeness (QED) is 0.126. The van der Waals surface area contributed by atoms with E-state index in [0.29, 0.717) is 11.2 Å². The highest BCUT2D eigenvalue weighted by Gasteiger charge is 2.52. The fourth-order valence-corrected chi connectivity index (χ4v) is 8.10. The lowest BCUT2D eigenvalue weighted by atomic mass is 9.79. The highest BCUT2D eigenvalue weighted by molar-refractivity contribution is 5.69. The first-order valence-corrected chi connectivity index (χ1v) is 18.8. The Labute approximate surface area is 325 Å². The molecule has 0 radical (unpaired) electrons. The van der Waals surface area contributed by atoms with Gasteiger partial charge in [0.2, 0.25) is 0 Å². The lowest BCUT2D eigenvalue weighted by Gasteiger charge is -2.41. The average molecular weight is 737 g/mol. The second-order valence-corrected chi connectivity index (χ2v) is 13.9. The van der Waals surface area contributed by atoms with Crippen LogP contribution in [0.2, 0.25) is 0 Å². The third kappa shape index (κ3) is 6.28. The van der Waals surface area contributed by atoms with Crippen molar-refractivity contribution in [2.75, 3.05) is 6.61 Å². The van der Waals surface area contributed by atoms with Gasteiger partial charge in [0.05, 0.1) is 19.1 Å². The molecule has 1 N–H and O–H groups in total. The number of ether oxygens (including phenoxy) is 3. The van der Waals surface area contributed by atoms with E-state index in [1.54, 1.807) is 17.1 Å². The van der Waals surface area contributed by atoms with Crippen LogP contribution in [0.1, 0.15) is 39.6 Å². The topological polar surface area (TPSA) is 91.5 Å². The van der Waals surface area contributed by atoms with E-state index >= 15 is 0 Å². The monoisotopic (exact) mass is 736 g/mol. The molecule has 1 aliphatic heterocycles. The zero-order chi connectivity index (χ0) is 37.8. The molecule has 0 bridgehead atoms. The summed E-state index contributed by atoms with van der Waals surface area (Å²) in [6.45, 7) is 0.0486. The summed E-state index contributed by atoms with van der Waals surface area (Å²) in [7, 11) is 0. The van der Waals surface area contributed by atoms with Crippen molar-refractivity contribution in [3.8, 4) is 0 Å². The van der Waals surface area contributed by atoms with Crippen LogP contribution in [0.5, 0.6) is 0 Å². The Morgan fingerprint density at radius 3 is 1.39 bits per heavy atom. The highest BCUT2D eigenvalue weighted by atomic mass is 16.6. The van der Waals surface area contributed by atoms with Crippen LogP contribution in [-0.2, 0) is 25.4 Å². The van der Waals surface area contributed by atoms with Crippen LogP contribution < -0.4 is 0 Å². The zero-order valence-electron chi connectivity index (χ0n) is 30.5. The molecule has 0 aliphatic carbocycles. The van der Waals surface area contributed by atoms with Gasteiger partial charge in [-0.3, -0.25) is 4.57 Å². The molecule has 1 fully saturated rings. The Hall–Kier alpha value is -6.29. The van der Waals surface area contributed by atoms with Crippen LogP contribution in [0.15, 0.2) is 201 Å². The molecule has 8 heteroatoms. The van der Waals surface area contributed by atoms with Gasteiger partial charge in [0.1, 0.15) is 41.4 Å². The first kappa shape index (κ1) is 35.4. The molecule has 8 nitrogen and oxygen atoms in total. The summed E-state index contributed by atoms with van der Waals surface area (Å²) < 4.78 is 23.7. The van der Waals surface area contributed by atoms with E-state index in [-0.39, 0.29) is 6.61 Å². The molecule has 276 valence electrons. The third-order valence-corrected chi connectivity index (χ3v) is 10.7. The summed E-state index contributed by atoms with van der Waals surface area (Å²) in [5, 5.41) is 12.6. The Morgan fingerprint density at radius 1 is 0.554 bits per heavy atom. The van der Waals surface area contributed by atoms with Gasteiger partial charge in [0.25, 0.3) is 0 Å². The minimum absolute atomic E-state index is 0.0486. The minimum Gasteiger partial charge on any atom is -0.386 e. The molecular weight excluding hydrogens is 697 g/mol. The molecule has 0 saturated carbocycles. The van der Waals surface area contributed by atoms with Crippen molar-refractivity contribution in [2.24, 2.45) is 0 Å². The van der Waals surface area contributed by atoms with E-state index in [2.05, 4.69) is 87.7 Å². The average Bonchev–Trinajstić information content (AvgIpc) is 3.84. The van der Waals surface area contributed by atoms with E-state index in [4.69, 9.17) is 14.2 Å². The zero-order valence-corrected chi connectivity index (χ0v) is 30.5. The maximum absolute atomic E-state index is 12.6. The Morgan fingerprint density at radius 2 is 0.964 bits per heavy atom. The van der Waals surface area contributed by atoms with E-state index in [0.717, 1.165) is 33.4 Å². The van der Waals surface area contributed by atoms with E-state index < -0.39 is 35.7 Å². The minimum atomic E-state index is -1.17. The van der Waals surface area contributed by atoms with Crippen LogP contribution in [0.4, 0.5) is 0 Å². The van der Waals surface area contributed by atoms with Crippen molar-refractivity contribution in [1.29, 1.82) is 0 Å². The van der Waals surface area contributed by atoms with E-state index in [1.807, 2.05) is 109 Å². The smallest absolute Gasteiger partial charge is 0.165 e. The molecular formula is C48H40N4O4. The van der Waals surface area contributed by atoms with Crippen LogP contribution in [0, 0.1) is 0 Å². The molecule has 9 rings (SSSR count). The third-order valence-electron chi connectivity index (χ3n) is 10.7. The maximum Gasteiger partial charge on any atom is 0.165 e. The SMILES string of the molecule is O[C@@H]1[C@H](OC(c2ccccc2)(c2ccccc2)c2ccccc2)[C@@H](COC(c2ccccc2)(c2ccccc2)c2ccccc2)O[C@H]1n1cnc2cncnc21. The summed E-state index contributed by atoms with van der Waals surface area (Å²) in [6.07, 6.45) is 0.970. The van der Waals surface area contributed by atoms with Crippen molar-refractivity contribution in [3.05, 3.63) is 234 Å².